The third-order valence-corrected chi connectivity index (χ3v) is 6.03. The number of ether oxygens (including phenoxy) is 3. The van der Waals surface area contributed by atoms with Crippen molar-refractivity contribution in [1.82, 2.24) is 4.90 Å². The number of rotatable bonds is 8. The second-order valence-electron chi connectivity index (χ2n) is 8.05. The van der Waals surface area contributed by atoms with Gasteiger partial charge in [0.15, 0.2) is 11.5 Å². The Morgan fingerprint density at radius 1 is 1.00 bits per heavy atom. The van der Waals surface area contributed by atoms with E-state index in [0.717, 1.165) is 22.3 Å². The minimum absolute atomic E-state index is 0.212. The van der Waals surface area contributed by atoms with Crippen molar-refractivity contribution >= 4 is 12.0 Å². The summed E-state index contributed by atoms with van der Waals surface area (Å²) in [6.45, 7) is 0.566. The molecule has 0 fully saturated rings. The van der Waals surface area contributed by atoms with E-state index in [-0.39, 0.29) is 12.5 Å². The van der Waals surface area contributed by atoms with Gasteiger partial charge in [0.2, 0.25) is 5.91 Å². The molecule has 0 saturated carbocycles. The van der Waals surface area contributed by atoms with Crippen molar-refractivity contribution in [3.63, 3.8) is 0 Å². The minimum atomic E-state index is -0.511. The molecule has 2 atom stereocenters. The predicted molar refractivity (Wildman–Crippen MR) is 130 cm³/mol. The van der Waals surface area contributed by atoms with Crippen molar-refractivity contribution in [2.75, 3.05) is 20.8 Å². The molecule has 6 nitrogen and oxygen atoms in total. The molecule has 0 aromatic heterocycles. The van der Waals surface area contributed by atoms with E-state index in [0.29, 0.717) is 24.7 Å². The van der Waals surface area contributed by atoms with Crippen LogP contribution >= 0.6 is 0 Å². The highest BCUT2D eigenvalue weighted by atomic mass is 16.5. The van der Waals surface area contributed by atoms with Gasteiger partial charge < -0.3 is 24.2 Å². The standard InChI is InChI=1S/C28H29NO5/c1-32-25-14-8-12-21(27(25)33-2)15-16-26(31)29-17-22-11-6-7-13-23(22)28(24(29)18-30)34-19-20-9-4-3-5-10-20/h3-16,24,28,30H,17-19H2,1-2H3/b16-15+/t24-,28+/m0/s1. The fourth-order valence-electron chi connectivity index (χ4n) is 4.32. The van der Waals surface area contributed by atoms with Gasteiger partial charge in [0.25, 0.3) is 0 Å². The van der Waals surface area contributed by atoms with Crippen molar-refractivity contribution < 1.29 is 24.1 Å². The fourth-order valence-corrected chi connectivity index (χ4v) is 4.32. The quantitative estimate of drug-likeness (QED) is 0.507. The van der Waals surface area contributed by atoms with Crippen LogP contribution in [0.5, 0.6) is 11.5 Å². The van der Waals surface area contributed by atoms with Crippen LogP contribution in [-0.4, -0.2) is 42.8 Å². The summed E-state index contributed by atoms with van der Waals surface area (Å²) in [6, 6.07) is 22.8. The van der Waals surface area contributed by atoms with Gasteiger partial charge >= 0.3 is 0 Å². The highest BCUT2D eigenvalue weighted by Crippen LogP contribution is 2.36. The summed E-state index contributed by atoms with van der Waals surface area (Å²) in [7, 11) is 3.14. The third-order valence-electron chi connectivity index (χ3n) is 6.03. The SMILES string of the molecule is COc1cccc(/C=C/C(=O)N2Cc3ccccc3[C@@H](OCc3ccccc3)[C@@H]2CO)c1OC. The number of carbonyl (C=O) groups is 1. The number of carbonyl (C=O) groups excluding carboxylic acids is 1. The normalized spacial score (nSPS) is 17.4. The zero-order valence-corrected chi connectivity index (χ0v) is 19.4. The number of hydrogen-bond acceptors (Lipinski definition) is 5. The molecule has 1 aliphatic heterocycles. The van der Waals surface area contributed by atoms with Crippen molar-refractivity contribution in [2.24, 2.45) is 0 Å². The molecule has 0 bridgehead atoms. The van der Waals surface area contributed by atoms with E-state index in [1.807, 2.05) is 66.7 Å². The van der Waals surface area contributed by atoms with Crippen LogP contribution in [0.2, 0.25) is 0 Å². The highest BCUT2D eigenvalue weighted by molar-refractivity contribution is 5.92. The van der Waals surface area contributed by atoms with Crippen LogP contribution in [0.3, 0.4) is 0 Å². The number of fused-ring (bicyclic) bond motifs is 1. The molecule has 1 N–H and O–H groups in total. The van der Waals surface area contributed by atoms with Crippen LogP contribution in [-0.2, 0) is 22.7 Å². The van der Waals surface area contributed by atoms with Crippen LogP contribution in [0, 0.1) is 0 Å². The first kappa shape index (κ1) is 23.5. The molecule has 176 valence electrons. The van der Waals surface area contributed by atoms with Gasteiger partial charge in [-0.25, -0.2) is 0 Å². The molecule has 0 aliphatic carbocycles. The number of amides is 1. The molecule has 3 aromatic rings. The van der Waals surface area contributed by atoms with E-state index in [1.54, 1.807) is 31.3 Å². The third kappa shape index (κ3) is 4.98. The second-order valence-corrected chi connectivity index (χ2v) is 8.05. The monoisotopic (exact) mass is 459 g/mol. The van der Waals surface area contributed by atoms with Gasteiger partial charge in [-0.2, -0.15) is 0 Å². The molecule has 1 amide bonds. The second kappa shape index (κ2) is 11.0. The lowest BCUT2D eigenvalue weighted by molar-refractivity contribution is -0.137. The molecule has 34 heavy (non-hydrogen) atoms. The summed E-state index contributed by atoms with van der Waals surface area (Å²) in [5.74, 6) is 0.930. The number of benzene rings is 3. The average molecular weight is 460 g/mol. The molecule has 1 heterocycles. The van der Waals surface area contributed by atoms with Crippen molar-refractivity contribution in [2.45, 2.75) is 25.3 Å². The van der Waals surface area contributed by atoms with Crippen LogP contribution in [0.4, 0.5) is 0 Å². The zero-order valence-electron chi connectivity index (χ0n) is 19.4. The lowest BCUT2D eigenvalue weighted by Crippen LogP contribution is -2.48. The van der Waals surface area contributed by atoms with Crippen molar-refractivity contribution in [3.8, 4) is 11.5 Å². The van der Waals surface area contributed by atoms with E-state index in [1.165, 1.54) is 6.08 Å². The minimum Gasteiger partial charge on any atom is -0.493 e. The summed E-state index contributed by atoms with van der Waals surface area (Å²) in [6.07, 6.45) is 2.76. The van der Waals surface area contributed by atoms with E-state index in [4.69, 9.17) is 14.2 Å². The molecule has 4 rings (SSSR count). The van der Waals surface area contributed by atoms with Gasteiger partial charge in [0, 0.05) is 18.2 Å². The molecular weight excluding hydrogens is 430 g/mol. The number of hydrogen-bond donors (Lipinski definition) is 1. The summed E-state index contributed by atoms with van der Waals surface area (Å²) < 4.78 is 17.1. The Balaban J connectivity index is 1.60. The Morgan fingerprint density at radius 2 is 1.76 bits per heavy atom. The van der Waals surface area contributed by atoms with E-state index >= 15 is 0 Å². The summed E-state index contributed by atoms with van der Waals surface area (Å²) in [5.41, 5.74) is 3.76. The van der Waals surface area contributed by atoms with Crippen molar-refractivity contribution in [3.05, 3.63) is 101 Å². The first-order valence-corrected chi connectivity index (χ1v) is 11.2. The average Bonchev–Trinajstić information content (AvgIpc) is 2.89. The molecule has 0 unspecified atom stereocenters. The molecule has 0 spiro atoms. The predicted octanol–water partition coefficient (Wildman–Crippen LogP) is 4.38. The fraction of sp³-hybridized carbons (Fsp3) is 0.250. The largest absolute Gasteiger partial charge is 0.493 e. The molecule has 0 radical (unpaired) electrons. The van der Waals surface area contributed by atoms with Gasteiger partial charge in [-0.3, -0.25) is 4.79 Å². The molecular formula is C28H29NO5. The lowest BCUT2D eigenvalue weighted by Gasteiger charge is -2.41. The van der Waals surface area contributed by atoms with Gasteiger partial charge in [0.1, 0.15) is 6.10 Å². The number of para-hydroxylation sites is 1. The van der Waals surface area contributed by atoms with Gasteiger partial charge in [-0.1, -0.05) is 66.7 Å². The van der Waals surface area contributed by atoms with Crippen LogP contribution in [0.1, 0.15) is 28.4 Å². The Labute approximate surface area is 200 Å². The highest BCUT2D eigenvalue weighted by Gasteiger charge is 2.37. The number of aliphatic hydroxyl groups excluding tert-OH is 1. The maximum absolute atomic E-state index is 13.3. The van der Waals surface area contributed by atoms with Gasteiger partial charge in [0.05, 0.1) is 33.5 Å². The first-order valence-electron chi connectivity index (χ1n) is 11.2. The van der Waals surface area contributed by atoms with Gasteiger partial charge in [-0.15, -0.1) is 0 Å². The Morgan fingerprint density at radius 3 is 2.50 bits per heavy atom. The molecule has 0 saturated heterocycles. The van der Waals surface area contributed by atoms with E-state index in [9.17, 15) is 9.90 Å². The number of nitrogens with zero attached hydrogens (tertiary/aromatic N) is 1. The Hall–Kier alpha value is -3.61. The van der Waals surface area contributed by atoms with Gasteiger partial charge in [-0.05, 0) is 28.8 Å². The van der Waals surface area contributed by atoms with Crippen LogP contribution in [0.25, 0.3) is 6.08 Å². The molecule has 6 heteroatoms. The topological polar surface area (TPSA) is 68.2 Å². The van der Waals surface area contributed by atoms with E-state index in [2.05, 4.69) is 0 Å². The smallest absolute Gasteiger partial charge is 0.247 e. The van der Waals surface area contributed by atoms with Crippen LogP contribution < -0.4 is 9.47 Å². The molecule has 1 aliphatic rings. The Kier molecular flexibility index (Phi) is 7.62. The van der Waals surface area contributed by atoms with Crippen molar-refractivity contribution in [1.29, 1.82) is 0 Å². The summed E-state index contributed by atoms with van der Waals surface area (Å²) in [5, 5.41) is 10.3. The number of aliphatic hydroxyl groups is 1. The Bertz CT molecular complexity index is 1140. The zero-order chi connectivity index (χ0) is 23.9. The first-order chi connectivity index (χ1) is 16.7. The maximum Gasteiger partial charge on any atom is 0.247 e. The van der Waals surface area contributed by atoms with Crippen LogP contribution in [0.15, 0.2) is 78.9 Å². The molecule has 3 aromatic carbocycles. The van der Waals surface area contributed by atoms with E-state index < -0.39 is 12.1 Å². The maximum atomic E-state index is 13.3. The summed E-state index contributed by atoms with van der Waals surface area (Å²) in [4.78, 5) is 15.0. The number of methoxy groups -OCH3 is 2. The summed E-state index contributed by atoms with van der Waals surface area (Å²) >= 11 is 0. The lowest BCUT2D eigenvalue weighted by atomic mass is 9.91.